The van der Waals surface area contributed by atoms with Gasteiger partial charge in [0.15, 0.2) is 0 Å². The molecule has 0 rings (SSSR count). The van der Waals surface area contributed by atoms with Gasteiger partial charge in [0.05, 0.1) is 18.1 Å². The normalized spacial score (nSPS) is 14.2. The third-order valence-corrected chi connectivity index (χ3v) is 4.42. The molecule has 2 N–H and O–H groups in total. The molecule has 0 fully saturated rings. The Hall–Kier alpha value is -0.710. The lowest BCUT2D eigenvalue weighted by Crippen LogP contribution is -2.43. The second-order valence-corrected chi connectivity index (χ2v) is 8.08. The molecule has 0 spiro atoms. The highest BCUT2D eigenvalue weighted by Gasteiger charge is 2.24. The van der Waals surface area contributed by atoms with Gasteiger partial charge in [0, 0.05) is 12.9 Å². The first kappa shape index (κ1) is 18.3. The molecular weight excluding hydrogens is 298 g/mol. The van der Waals surface area contributed by atoms with Crippen LogP contribution in [0.4, 0.5) is 0 Å². The van der Waals surface area contributed by atoms with Crippen LogP contribution < -0.4 is 4.72 Å². The quantitative estimate of drug-likeness (QED) is 0.486. The van der Waals surface area contributed by atoms with Gasteiger partial charge < -0.3 is 9.84 Å². The predicted octanol–water partition coefficient (Wildman–Crippen LogP) is -1.17. The van der Waals surface area contributed by atoms with Gasteiger partial charge in [-0.15, -0.1) is 0 Å². The second-order valence-electron chi connectivity index (χ2n) is 3.94. The van der Waals surface area contributed by atoms with Crippen LogP contribution >= 0.6 is 0 Å². The summed E-state index contributed by atoms with van der Waals surface area (Å²) in [5, 5.41) is 8.85. The van der Waals surface area contributed by atoms with E-state index in [4.69, 9.17) is 9.84 Å². The van der Waals surface area contributed by atoms with Crippen molar-refractivity contribution < 1.29 is 31.5 Å². The van der Waals surface area contributed by atoms with E-state index in [9.17, 15) is 21.6 Å². The van der Waals surface area contributed by atoms with E-state index >= 15 is 0 Å². The van der Waals surface area contributed by atoms with E-state index in [1.807, 2.05) is 4.72 Å². The molecule has 0 bridgehead atoms. The minimum Gasteiger partial charge on any atom is -0.480 e. The van der Waals surface area contributed by atoms with Crippen LogP contribution in [0.5, 0.6) is 0 Å². The Morgan fingerprint density at radius 3 is 2.26 bits per heavy atom. The van der Waals surface area contributed by atoms with Crippen LogP contribution in [0.15, 0.2) is 0 Å². The Morgan fingerprint density at radius 1 is 1.26 bits per heavy atom. The highest BCUT2D eigenvalue weighted by molar-refractivity contribution is 7.90. The maximum Gasteiger partial charge on any atom is 0.321 e. The van der Waals surface area contributed by atoms with E-state index in [0.717, 1.165) is 6.26 Å². The number of aliphatic carboxylic acids is 1. The largest absolute Gasteiger partial charge is 0.480 e. The van der Waals surface area contributed by atoms with Crippen LogP contribution in [0.2, 0.25) is 0 Å². The van der Waals surface area contributed by atoms with Crippen LogP contribution in [0.1, 0.15) is 13.3 Å². The molecule has 0 aromatic rings. The zero-order chi connectivity index (χ0) is 15.1. The molecule has 0 saturated heterocycles. The summed E-state index contributed by atoms with van der Waals surface area (Å²) in [5.74, 6) is -2.19. The van der Waals surface area contributed by atoms with Crippen molar-refractivity contribution in [3.05, 3.63) is 0 Å². The minimum absolute atomic E-state index is 0.0513. The second kappa shape index (κ2) is 7.78. The Balaban J connectivity index is 4.53. The van der Waals surface area contributed by atoms with E-state index in [1.54, 1.807) is 6.92 Å². The van der Waals surface area contributed by atoms with E-state index < -0.39 is 37.6 Å². The Bertz CT molecular complexity index is 483. The van der Waals surface area contributed by atoms with Crippen LogP contribution in [0.25, 0.3) is 0 Å². The molecule has 0 radical (unpaired) electrons. The number of hydrogen-bond acceptors (Lipinski definition) is 6. The first-order chi connectivity index (χ1) is 8.57. The highest BCUT2D eigenvalue weighted by atomic mass is 32.2. The molecule has 1 atom stereocenters. The van der Waals surface area contributed by atoms with Crippen molar-refractivity contribution in [2.75, 3.05) is 31.0 Å². The van der Waals surface area contributed by atoms with E-state index in [-0.39, 0.29) is 18.8 Å². The zero-order valence-electron chi connectivity index (χ0n) is 10.8. The lowest BCUT2D eigenvalue weighted by atomic mass is 10.2. The van der Waals surface area contributed by atoms with Crippen molar-refractivity contribution in [2.45, 2.75) is 19.4 Å². The van der Waals surface area contributed by atoms with E-state index in [2.05, 4.69) is 0 Å². The van der Waals surface area contributed by atoms with Crippen molar-refractivity contribution in [2.24, 2.45) is 0 Å². The number of nitrogens with one attached hydrogen (secondary N) is 1. The van der Waals surface area contributed by atoms with Crippen LogP contribution in [-0.2, 0) is 29.4 Å². The third-order valence-electron chi connectivity index (χ3n) is 2.10. The Kier molecular flexibility index (Phi) is 7.49. The number of sulfone groups is 1. The Morgan fingerprint density at radius 2 is 1.84 bits per heavy atom. The van der Waals surface area contributed by atoms with Gasteiger partial charge in [-0.25, -0.2) is 21.6 Å². The molecule has 0 aliphatic carbocycles. The van der Waals surface area contributed by atoms with Crippen molar-refractivity contribution in [3.63, 3.8) is 0 Å². The number of carbonyl (C=O) groups is 1. The summed E-state index contributed by atoms with van der Waals surface area (Å²) in [7, 11) is -7.17. The van der Waals surface area contributed by atoms with Gasteiger partial charge in [-0.05, 0) is 13.3 Å². The molecule has 8 nitrogen and oxygen atoms in total. The van der Waals surface area contributed by atoms with Crippen molar-refractivity contribution >= 4 is 25.8 Å². The third kappa shape index (κ3) is 9.82. The molecule has 0 aliphatic rings. The maximum atomic E-state index is 11.5. The van der Waals surface area contributed by atoms with Gasteiger partial charge in [-0.1, -0.05) is 0 Å². The fourth-order valence-corrected chi connectivity index (χ4v) is 2.92. The van der Waals surface area contributed by atoms with Crippen LogP contribution in [-0.4, -0.2) is 64.9 Å². The van der Waals surface area contributed by atoms with Gasteiger partial charge in [0.2, 0.25) is 10.0 Å². The molecule has 10 heteroatoms. The van der Waals surface area contributed by atoms with Crippen LogP contribution in [0.3, 0.4) is 0 Å². The summed E-state index contributed by atoms with van der Waals surface area (Å²) >= 11 is 0. The molecule has 114 valence electrons. The molecule has 19 heavy (non-hydrogen) atoms. The Labute approximate surface area is 113 Å². The average molecular weight is 317 g/mol. The lowest BCUT2D eigenvalue weighted by Gasteiger charge is -2.14. The molecule has 0 heterocycles. The monoisotopic (exact) mass is 317 g/mol. The first-order valence-electron chi connectivity index (χ1n) is 5.55. The number of hydrogen-bond donors (Lipinski definition) is 2. The highest BCUT2D eigenvalue weighted by Crippen LogP contribution is 2.00. The molecule has 0 aromatic carbocycles. The fourth-order valence-electron chi connectivity index (χ4n) is 1.15. The van der Waals surface area contributed by atoms with Crippen molar-refractivity contribution in [1.82, 2.24) is 4.72 Å². The molecule has 0 amide bonds. The number of carboxylic acid groups (broad SMARTS) is 1. The maximum absolute atomic E-state index is 11.5. The number of ether oxygens (including phenoxy) is 1. The molecule has 0 aromatic heterocycles. The molecular formula is C9H19NO7S2. The number of rotatable bonds is 10. The number of sulfonamides is 1. The standard InChI is InChI=1S/C9H19NO7S2/c1-3-17-5-7-19(15,16)10-8(9(11)12)4-6-18(2,13)14/h8,10H,3-7H2,1-2H3,(H,11,12). The lowest BCUT2D eigenvalue weighted by molar-refractivity contribution is -0.139. The summed E-state index contributed by atoms with van der Waals surface area (Å²) in [4.78, 5) is 10.9. The molecule has 0 aliphatic heterocycles. The summed E-state index contributed by atoms with van der Waals surface area (Å²) in [6, 6.07) is -1.46. The topological polar surface area (TPSA) is 127 Å². The number of carboxylic acids is 1. The summed E-state index contributed by atoms with van der Waals surface area (Å²) in [6.45, 7) is 2.00. The van der Waals surface area contributed by atoms with Crippen LogP contribution in [0, 0.1) is 0 Å². The van der Waals surface area contributed by atoms with Gasteiger partial charge in [-0.3, -0.25) is 4.79 Å². The predicted molar refractivity (Wildman–Crippen MR) is 69.2 cm³/mol. The summed E-state index contributed by atoms with van der Waals surface area (Å²) in [6.07, 6.45) is 0.636. The van der Waals surface area contributed by atoms with E-state index in [0.29, 0.717) is 6.61 Å². The van der Waals surface area contributed by atoms with Crippen molar-refractivity contribution in [3.8, 4) is 0 Å². The first-order valence-corrected chi connectivity index (χ1v) is 9.27. The SMILES string of the molecule is CCOCCS(=O)(=O)NC(CCS(C)(=O)=O)C(=O)O. The fraction of sp³-hybridized carbons (Fsp3) is 0.889. The average Bonchev–Trinajstić information content (AvgIpc) is 2.22. The van der Waals surface area contributed by atoms with E-state index in [1.165, 1.54) is 0 Å². The van der Waals surface area contributed by atoms with Crippen molar-refractivity contribution in [1.29, 1.82) is 0 Å². The summed E-state index contributed by atoms with van der Waals surface area (Å²) in [5.41, 5.74) is 0. The van der Waals surface area contributed by atoms with Gasteiger partial charge >= 0.3 is 5.97 Å². The van der Waals surface area contributed by atoms with Gasteiger partial charge in [-0.2, -0.15) is 0 Å². The smallest absolute Gasteiger partial charge is 0.321 e. The molecule has 1 unspecified atom stereocenters. The van der Waals surface area contributed by atoms with Gasteiger partial charge in [0.1, 0.15) is 15.9 Å². The molecule has 0 saturated carbocycles. The minimum atomic E-state index is -3.82. The zero-order valence-corrected chi connectivity index (χ0v) is 12.5. The summed E-state index contributed by atoms with van der Waals surface area (Å²) < 4.78 is 51.8. The van der Waals surface area contributed by atoms with Gasteiger partial charge in [0.25, 0.3) is 0 Å².